The minimum atomic E-state index is -3.12. The van der Waals surface area contributed by atoms with Crippen molar-refractivity contribution in [1.29, 1.82) is 0 Å². The van der Waals surface area contributed by atoms with E-state index < -0.39 is 9.84 Å². The highest BCUT2D eigenvalue weighted by Gasteiger charge is 2.31. The second-order valence-corrected chi connectivity index (χ2v) is 16.7. The van der Waals surface area contributed by atoms with Gasteiger partial charge < -0.3 is 20.0 Å². The third-order valence-corrected chi connectivity index (χ3v) is 10.3. The van der Waals surface area contributed by atoms with E-state index in [9.17, 15) is 18.0 Å². The fraction of sp³-hybridized carbons (Fsp3) is 0.659. The van der Waals surface area contributed by atoms with Gasteiger partial charge in [0.1, 0.15) is 0 Å². The van der Waals surface area contributed by atoms with Gasteiger partial charge in [-0.1, -0.05) is 95.9 Å². The molecule has 2 aliphatic heterocycles. The Morgan fingerprint density at radius 2 is 1.61 bits per heavy atom. The van der Waals surface area contributed by atoms with Crippen LogP contribution in [0.3, 0.4) is 0 Å². The average Bonchev–Trinajstić information content (AvgIpc) is 3.57. The number of hydrogen-bond acceptors (Lipinski definition) is 6. The number of sulfone groups is 1. The molecule has 2 amide bonds. The molecule has 0 spiro atoms. The van der Waals surface area contributed by atoms with Gasteiger partial charge in [-0.25, -0.2) is 8.42 Å². The summed E-state index contributed by atoms with van der Waals surface area (Å²) in [6, 6.07) is 11.9. The molecule has 2 saturated heterocycles. The quantitative estimate of drug-likeness (QED) is 0.244. The highest BCUT2D eigenvalue weighted by molar-refractivity contribution is 9.10. The maximum atomic E-state index is 12.3. The first-order valence-electron chi connectivity index (χ1n) is 19.1. The highest BCUT2D eigenvalue weighted by atomic mass is 79.9. The molecule has 0 saturated carbocycles. The largest absolute Gasteiger partial charge is 0.389 e. The van der Waals surface area contributed by atoms with Crippen LogP contribution >= 0.6 is 15.9 Å². The lowest BCUT2D eigenvalue weighted by atomic mass is 9.99. The summed E-state index contributed by atoms with van der Waals surface area (Å²) >= 11 is 3.37. The molecule has 3 atom stereocenters. The Bertz CT molecular complexity index is 1380. The third-order valence-electron chi connectivity index (χ3n) is 8.65. The van der Waals surface area contributed by atoms with Crippen LogP contribution in [0, 0.1) is 5.92 Å². The van der Waals surface area contributed by atoms with Crippen molar-refractivity contribution in [2.75, 3.05) is 46.5 Å². The van der Waals surface area contributed by atoms with E-state index in [2.05, 4.69) is 88.4 Å². The highest BCUT2D eigenvalue weighted by Crippen LogP contribution is 2.23. The Morgan fingerprint density at radius 1 is 1.00 bits per heavy atom. The normalized spacial score (nSPS) is 17.5. The molecule has 0 aliphatic carbocycles. The van der Waals surface area contributed by atoms with Gasteiger partial charge >= 0.3 is 0 Å². The number of rotatable bonds is 11. The molecule has 292 valence electrons. The lowest BCUT2D eigenvalue weighted by Crippen LogP contribution is -2.48. The number of carbonyl (C=O) groups excluding carboxylic acids is 2. The van der Waals surface area contributed by atoms with E-state index in [1.54, 1.807) is 23.2 Å². The summed E-state index contributed by atoms with van der Waals surface area (Å²) in [4.78, 5) is 30.5. The maximum Gasteiger partial charge on any atom is 0.242 e. The number of amides is 2. The molecular weight excluding hydrogens is 724 g/mol. The van der Waals surface area contributed by atoms with Crippen LogP contribution in [0.1, 0.15) is 113 Å². The van der Waals surface area contributed by atoms with Crippen LogP contribution in [0.2, 0.25) is 0 Å². The lowest BCUT2D eigenvalue weighted by Gasteiger charge is -2.32. The van der Waals surface area contributed by atoms with E-state index in [0.717, 1.165) is 60.4 Å². The van der Waals surface area contributed by atoms with Gasteiger partial charge in [0.2, 0.25) is 11.8 Å². The molecular formula is C41H71BrN4O4S. The van der Waals surface area contributed by atoms with Crippen LogP contribution < -0.4 is 5.32 Å². The van der Waals surface area contributed by atoms with Gasteiger partial charge in [0.25, 0.3) is 0 Å². The number of nitrogens with zero attached hydrogens (tertiary/aromatic N) is 3. The van der Waals surface area contributed by atoms with Crippen LogP contribution in [-0.4, -0.2) is 93.5 Å². The Kier molecular flexibility index (Phi) is 25.9. The van der Waals surface area contributed by atoms with Crippen molar-refractivity contribution in [3.05, 3.63) is 53.6 Å². The first kappa shape index (κ1) is 48.6. The molecule has 2 aromatic carbocycles. The number of fused-ring (bicyclic) bond motifs is 1. The smallest absolute Gasteiger partial charge is 0.242 e. The Labute approximate surface area is 320 Å². The molecule has 51 heavy (non-hydrogen) atoms. The third kappa shape index (κ3) is 19.8. The number of hydrogen-bond donors (Lipinski definition) is 1. The zero-order valence-electron chi connectivity index (χ0n) is 33.6. The molecule has 2 aliphatic rings. The fourth-order valence-corrected chi connectivity index (χ4v) is 6.96. The van der Waals surface area contributed by atoms with Crippen LogP contribution in [0.4, 0.5) is 0 Å². The molecule has 0 aromatic heterocycles. The second kappa shape index (κ2) is 27.2. The average molecular weight is 796 g/mol. The lowest BCUT2D eigenvalue weighted by molar-refractivity contribution is -0.145. The van der Waals surface area contributed by atoms with Gasteiger partial charge in [0, 0.05) is 41.8 Å². The van der Waals surface area contributed by atoms with E-state index in [1.807, 2.05) is 36.1 Å². The summed E-state index contributed by atoms with van der Waals surface area (Å²) in [6.45, 7) is 21.7. The summed E-state index contributed by atoms with van der Waals surface area (Å²) in [5.41, 5.74) is 0. The van der Waals surface area contributed by atoms with E-state index in [0.29, 0.717) is 23.5 Å². The summed E-state index contributed by atoms with van der Waals surface area (Å²) in [5, 5.41) is 5.15. The molecule has 0 bridgehead atoms. The number of carbonyl (C=O) groups is 2. The molecule has 1 N–H and O–H groups in total. The topological polar surface area (TPSA) is 90.0 Å². The van der Waals surface area contributed by atoms with Crippen LogP contribution in [0.25, 0.3) is 10.8 Å². The van der Waals surface area contributed by atoms with Crippen molar-refractivity contribution in [3.63, 3.8) is 0 Å². The van der Waals surface area contributed by atoms with E-state index >= 15 is 0 Å². The predicted molar refractivity (Wildman–Crippen MR) is 222 cm³/mol. The number of nitrogens with one attached hydrogen (secondary N) is 1. The van der Waals surface area contributed by atoms with Crippen LogP contribution in [0.5, 0.6) is 0 Å². The fourth-order valence-electron chi connectivity index (χ4n) is 5.93. The van der Waals surface area contributed by atoms with Gasteiger partial charge in [-0.2, -0.15) is 0 Å². The zero-order valence-corrected chi connectivity index (χ0v) is 36.0. The van der Waals surface area contributed by atoms with Crippen LogP contribution in [0.15, 0.2) is 58.5 Å². The monoisotopic (exact) mass is 794 g/mol. The number of likely N-dealkylation sites (tertiary alicyclic amines) is 2. The zero-order chi connectivity index (χ0) is 39.0. The standard InChI is InChI=1S/C14H24N2O2.C11H9BrO2S.C8H17N.C5H13N.C3H8/c1-3-12-7-5-9-16(12)13(17)10-15-8-4-6-11(2)14(15)18;1-15(13,14)11-5-3-8-6-10(12)4-2-9(8)7-11;1-4-7-8(5-2)9-6-3;1-4-5-6(2)3;1-3-2/h11-12H,3-10H2,1-2H3;2-7H,1H3;6,8-9H,3-5,7H2,1-2H3;4-5H2,1-3H3;3H2,1-2H3/t11-,12?;;;;/m0..../s1. The number of benzene rings is 2. The van der Waals surface area contributed by atoms with Crippen molar-refractivity contribution in [2.24, 2.45) is 5.92 Å². The van der Waals surface area contributed by atoms with E-state index in [4.69, 9.17) is 0 Å². The van der Waals surface area contributed by atoms with E-state index in [1.165, 1.54) is 44.9 Å². The van der Waals surface area contributed by atoms with Gasteiger partial charge in [-0.05, 0) is 113 Å². The summed E-state index contributed by atoms with van der Waals surface area (Å²) in [6.07, 6.45) is 14.4. The van der Waals surface area contributed by atoms with Crippen molar-refractivity contribution < 1.29 is 18.0 Å². The molecule has 8 nitrogen and oxygen atoms in total. The molecule has 2 heterocycles. The summed E-state index contributed by atoms with van der Waals surface area (Å²) in [5.74, 6) is 0.385. The minimum Gasteiger partial charge on any atom is -0.389 e. The van der Waals surface area contributed by atoms with E-state index in [-0.39, 0.29) is 17.7 Å². The SMILES string of the molecule is C=CNC(CC)CCC.CCC.CCC1CCCN1C(=O)CN1CCC[C@H](C)C1=O.CCCN(C)C.CS(=O)(=O)c1ccc2cc(Br)ccc2c1. The van der Waals surface area contributed by atoms with Gasteiger partial charge in [-0.3, -0.25) is 9.59 Å². The Balaban J connectivity index is 0.000000682. The summed E-state index contributed by atoms with van der Waals surface area (Å²) < 4.78 is 23.7. The summed E-state index contributed by atoms with van der Waals surface area (Å²) in [7, 11) is 1.06. The first-order chi connectivity index (χ1) is 24.1. The van der Waals surface area contributed by atoms with Crippen LogP contribution in [-0.2, 0) is 19.4 Å². The van der Waals surface area contributed by atoms with Gasteiger partial charge in [0.15, 0.2) is 9.84 Å². The number of piperidine rings is 1. The molecule has 10 heteroatoms. The Morgan fingerprint density at radius 3 is 2.12 bits per heavy atom. The predicted octanol–water partition coefficient (Wildman–Crippen LogP) is 9.32. The van der Waals surface area contributed by atoms with Crippen molar-refractivity contribution in [3.8, 4) is 0 Å². The maximum absolute atomic E-state index is 12.3. The minimum absolute atomic E-state index is 0.0899. The molecule has 2 unspecified atom stereocenters. The van der Waals surface area contributed by atoms with Gasteiger partial charge in [-0.15, -0.1) is 0 Å². The first-order valence-corrected chi connectivity index (χ1v) is 21.8. The molecule has 2 aromatic rings. The van der Waals surface area contributed by atoms with Crippen molar-refractivity contribution >= 4 is 48.4 Å². The molecule has 0 radical (unpaired) electrons. The molecule has 4 rings (SSSR count). The van der Waals surface area contributed by atoms with Crippen molar-refractivity contribution in [2.45, 2.75) is 130 Å². The Hall–Kier alpha value is -2.43. The van der Waals surface area contributed by atoms with Gasteiger partial charge in [0.05, 0.1) is 11.4 Å². The van der Waals surface area contributed by atoms with Crippen molar-refractivity contribution in [1.82, 2.24) is 20.0 Å². The second-order valence-electron chi connectivity index (χ2n) is 13.8. The molecule has 2 fully saturated rings. The number of halogens is 1.